The second-order valence-electron chi connectivity index (χ2n) is 6.22. The fraction of sp³-hybridized carbons (Fsp3) is 0.316. The summed E-state index contributed by atoms with van der Waals surface area (Å²) in [6.07, 6.45) is 0.832. The number of anilines is 1. The number of hydrogen-bond donors (Lipinski definition) is 2. The topological polar surface area (TPSA) is 50.4 Å². The lowest BCUT2D eigenvalue weighted by molar-refractivity contribution is 0.0963. The highest BCUT2D eigenvalue weighted by atomic mass is 35.5. The summed E-state index contributed by atoms with van der Waals surface area (Å²) in [5.74, 6) is -0.427. The minimum absolute atomic E-state index is 0.169. The van der Waals surface area contributed by atoms with Gasteiger partial charge in [-0.1, -0.05) is 23.7 Å². The Morgan fingerprint density at radius 1 is 1.28 bits per heavy atom. The Balaban J connectivity index is 1.83. The molecule has 0 unspecified atom stereocenters. The van der Waals surface area contributed by atoms with Gasteiger partial charge in [-0.3, -0.25) is 4.79 Å². The molecule has 0 radical (unpaired) electrons. The summed E-state index contributed by atoms with van der Waals surface area (Å²) in [6, 6.07) is 11.6. The van der Waals surface area contributed by atoms with E-state index in [2.05, 4.69) is 10.6 Å². The van der Waals surface area contributed by atoms with Gasteiger partial charge in [0.25, 0.3) is 5.91 Å². The van der Waals surface area contributed by atoms with Crippen molar-refractivity contribution in [3.05, 3.63) is 64.4 Å². The van der Waals surface area contributed by atoms with Gasteiger partial charge in [-0.2, -0.15) is 0 Å². The van der Waals surface area contributed by atoms with Gasteiger partial charge in [-0.05, 0) is 42.3 Å². The molecule has 1 aliphatic rings. The Hall–Kier alpha value is -2.11. The lowest BCUT2D eigenvalue weighted by atomic mass is 9.79. The van der Waals surface area contributed by atoms with Gasteiger partial charge in [0.1, 0.15) is 5.82 Å². The predicted molar refractivity (Wildman–Crippen MR) is 96.8 cm³/mol. The lowest BCUT2D eigenvalue weighted by Gasteiger charge is -2.29. The van der Waals surface area contributed by atoms with E-state index >= 15 is 0 Å². The fourth-order valence-corrected chi connectivity index (χ4v) is 3.27. The molecule has 1 fully saturated rings. The quantitative estimate of drug-likeness (QED) is 0.854. The zero-order valence-electron chi connectivity index (χ0n) is 13.9. The van der Waals surface area contributed by atoms with Crippen LogP contribution < -0.4 is 10.6 Å². The Morgan fingerprint density at radius 3 is 2.68 bits per heavy atom. The van der Waals surface area contributed by atoms with Crippen molar-refractivity contribution in [1.29, 1.82) is 0 Å². The third kappa shape index (κ3) is 3.78. The van der Waals surface area contributed by atoms with Crippen molar-refractivity contribution in [2.45, 2.75) is 11.8 Å². The smallest absolute Gasteiger partial charge is 0.251 e. The number of carbonyl (C=O) groups excluding carboxylic acids is 1. The fourth-order valence-electron chi connectivity index (χ4n) is 3.09. The van der Waals surface area contributed by atoms with Crippen LogP contribution in [-0.2, 0) is 10.2 Å². The van der Waals surface area contributed by atoms with Crippen LogP contribution in [-0.4, -0.2) is 32.7 Å². The van der Waals surface area contributed by atoms with E-state index in [1.807, 2.05) is 0 Å². The van der Waals surface area contributed by atoms with Crippen molar-refractivity contribution >= 4 is 23.2 Å². The molecule has 1 aliphatic heterocycles. The van der Waals surface area contributed by atoms with E-state index in [1.165, 1.54) is 12.1 Å². The van der Waals surface area contributed by atoms with Crippen molar-refractivity contribution in [2.75, 3.05) is 32.1 Å². The van der Waals surface area contributed by atoms with Crippen LogP contribution in [0.2, 0.25) is 5.02 Å². The number of benzene rings is 2. The first-order chi connectivity index (χ1) is 12.0. The SMILES string of the molecule is CNC(=O)c1ccc(Cl)c(NC[C@]2(c3ccc(F)cc3)CCOC2)c1. The van der Waals surface area contributed by atoms with E-state index in [0.29, 0.717) is 36.0 Å². The van der Waals surface area contributed by atoms with E-state index in [1.54, 1.807) is 37.4 Å². The summed E-state index contributed by atoms with van der Waals surface area (Å²) in [5.41, 5.74) is 2.00. The molecular formula is C19H20ClFN2O2. The standard InChI is InChI=1S/C19H20ClFN2O2/c1-22-18(24)13-2-7-16(20)17(10-13)23-11-19(8-9-25-12-19)14-3-5-15(21)6-4-14/h2-7,10,23H,8-9,11-12H2,1H3,(H,22,24)/t19-/m1/s1. The van der Waals surface area contributed by atoms with Crippen LogP contribution in [0, 0.1) is 5.82 Å². The molecule has 1 amide bonds. The summed E-state index contributed by atoms with van der Waals surface area (Å²) in [5, 5.41) is 6.48. The number of amides is 1. The molecule has 1 saturated heterocycles. The summed E-state index contributed by atoms with van der Waals surface area (Å²) in [4.78, 5) is 11.8. The first-order valence-electron chi connectivity index (χ1n) is 8.13. The minimum atomic E-state index is -0.257. The maximum absolute atomic E-state index is 13.3. The van der Waals surface area contributed by atoms with Gasteiger partial charge in [0.05, 0.1) is 17.3 Å². The largest absolute Gasteiger partial charge is 0.383 e. The van der Waals surface area contributed by atoms with Gasteiger partial charge in [-0.15, -0.1) is 0 Å². The molecule has 0 saturated carbocycles. The highest BCUT2D eigenvalue weighted by molar-refractivity contribution is 6.33. The maximum atomic E-state index is 13.3. The highest BCUT2D eigenvalue weighted by Crippen LogP contribution is 2.34. The Bertz CT molecular complexity index is 759. The maximum Gasteiger partial charge on any atom is 0.251 e. The van der Waals surface area contributed by atoms with Crippen molar-refractivity contribution in [2.24, 2.45) is 0 Å². The van der Waals surface area contributed by atoms with Crippen molar-refractivity contribution < 1.29 is 13.9 Å². The summed E-state index contributed by atoms with van der Waals surface area (Å²) in [7, 11) is 1.59. The molecule has 132 valence electrons. The van der Waals surface area contributed by atoms with Crippen molar-refractivity contribution in [1.82, 2.24) is 5.32 Å². The van der Waals surface area contributed by atoms with Crippen molar-refractivity contribution in [3.8, 4) is 0 Å². The van der Waals surface area contributed by atoms with Crippen LogP contribution in [0.3, 0.4) is 0 Å². The first kappa shape index (κ1) is 17.7. The number of rotatable bonds is 5. The summed E-state index contributed by atoms with van der Waals surface area (Å²) in [6.45, 7) is 1.79. The van der Waals surface area contributed by atoms with Crippen LogP contribution in [0.5, 0.6) is 0 Å². The Labute approximate surface area is 151 Å². The summed E-state index contributed by atoms with van der Waals surface area (Å²) < 4.78 is 18.9. The number of halogens is 2. The molecule has 2 aromatic carbocycles. The predicted octanol–water partition coefficient (Wildman–Crippen LogP) is 3.61. The molecule has 25 heavy (non-hydrogen) atoms. The van der Waals surface area contributed by atoms with Gasteiger partial charge in [0.2, 0.25) is 0 Å². The van der Waals surface area contributed by atoms with E-state index in [4.69, 9.17) is 16.3 Å². The number of nitrogens with one attached hydrogen (secondary N) is 2. The molecule has 0 bridgehead atoms. The molecule has 0 aromatic heterocycles. The molecule has 3 rings (SSSR count). The third-order valence-corrected chi connectivity index (χ3v) is 4.96. The van der Waals surface area contributed by atoms with Gasteiger partial charge in [0, 0.05) is 31.2 Å². The average molecular weight is 363 g/mol. The van der Waals surface area contributed by atoms with Crippen LogP contribution >= 0.6 is 11.6 Å². The van der Waals surface area contributed by atoms with E-state index in [-0.39, 0.29) is 17.1 Å². The summed E-state index contributed by atoms with van der Waals surface area (Å²) >= 11 is 6.27. The molecule has 1 atom stereocenters. The lowest BCUT2D eigenvalue weighted by Crippen LogP contribution is -2.35. The number of carbonyl (C=O) groups is 1. The third-order valence-electron chi connectivity index (χ3n) is 4.63. The molecule has 2 N–H and O–H groups in total. The highest BCUT2D eigenvalue weighted by Gasteiger charge is 2.36. The van der Waals surface area contributed by atoms with Gasteiger partial charge in [-0.25, -0.2) is 4.39 Å². The average Bonchev–Trinajstić information content (AvgIpc) is 3.11. The second kappa shape index (κ2) is 7.42. The van der Waals surface area contributed by atoms with E-state index in [9.17, 15) is 9.18 Å². The van der Waals surface area contributed by atoms with Crippen LogP contribution in [0.1, 0.15) is 22.3 Å². The van der Waals surface area contributed by atoms with E-state index < -0.39 is 0 Å². The Morgan fingerprint density at radius 2 is 2.04 bits per heavy atom. The first-order valence-corrected chi connectivity index (χ1v) is 8.51. The Kier molecular flexibility index (Phi) is 5.25. The number of ether oxygens (including phenoxy) is 1. The molecule has 0 aliphatic carbocycles. The van der Waals surface area contributed by atoms with E-state index in [0.717, 1.165) is 12.0 Å². The molecule has 2 aromatic rings. The van der Waals surface area contributed by atoms with Crippen LogP contribution in [0.15, 0.2) is 42.5 Å². The molecule has 0 spiro atoms. The molecular weight excluding hydrogens is 343 g/mol. The molecule has 1 heterocycles. The van der Waals surface area contributed by atoms with Gasteiger partial charge in [0.15, 0.2) is 0 Å². The molecule has 6 heteroatoms. The minimum Gasteiger partial charge on any atom is -0.383 e. The second-order valence-corrected chi connectivity index (χ2v) is 6.62. The zero-order chi connectivity index (χ0) is 17.9. The number of hydrogen-bond acceptors (Lipinski definition) is 3. The van der Waals surface area contributed by atoms with Crippen LogP contribution in [0.25, 0.3) is 0 Å². The monoisotopic (exact) mass is 362 g/mol. The van der Waals surface area contributed by atoms with Crippen molar-refractivity contribution in [3.63, 3.8) is 0 Å². The van der Waals surface area contributed by atoms with Gasteiger partial charge < -0.3 is 15.4 Å². The normalized spacial score (nSPS) is 19.6. The van der Waals surface area contributed by atoms with Crippen LogP contribution in [0.4, 0.5) is 10.1 Å². The zero-order valence-corrected chi connectivity index (χ0v) is 14.7. The molecule has 4 nitrogen and oxygen atoms in total. The van der Waals surface area contributed by atoms with Gasteiger partial charge >= 0.3 is 0 Å².